The molecular weight excluding hydrogens is 500 g/mol. The molecule has 0 aliphatic carbocycles. The highest BCUT2D eigenvalue weighted by Gasteiger charge is 2.28. The highest BCUT2D eigenvalue weighted by Crippen LogP contribution is 2.27. The van der Waals surface area contributed by atoms with Crippen molar-refractivity contribution in [3.63, 3.8) is 0 Å². The van der Waals surface area contributed by atoms with Crippen molar-refractivity contribution in [3.8, 4) is 11.3 Å². The van der Waals surface area contributed by atoms with E-state index in [2.05, 4.69) is 40.4 Å². The van der Waals surface area contributed by atoms with Gasteiger partial charge in [-0.3, -0.25) is 9.78 Å². The van der Waals surface area contributed by atoms with Crippen LogP contribution in [0, 0.1) is 6.92 Å². The first-order chi connectivity index (χ1) is 19.6. The SMILES string of the molecule is Cc1ccc(NC(=O)c2ccnc(N3CCC[C@@H]3CN3CCCC3)c2)cc1Nc1nccc(-c2cccnc2)n1. The minimum atomic E-state index is -0.163. The van der Waals surface area contributed by atoms with E-state index >= 15 is 0 Å². The maximum atomic E-state index is 13.3. The summed E-state index contributed by atoms with van der Waals surface area (Å²) in [5, 5.41) is 6.36. The standard InChI is InChI=1S/C31H34N8O/c1-22-8-9-25(19-28(22)37-31-34-14-11-27(36-31)24-6-4-12-32-20-24)35-30(40)23-10-13-33-29(18-23)39-17-5-7-26(39)21-38-15-2-3-16-38/h4,6,8-14,18-20,26H,2-3,5,7,15-17,21H2,1H3,(H,35,40)(H,34,36,37)/t26-/m1/s1. The van der Waals surface area contributed by atoms with Gasteiger partial charge in [0.15, 0.2) is 0 Å². The molecule has 2 aliphatic heterocycles. The summed E-state index contributed by atoms with van der Waals surface area (Å²) in [7, 11) is 0. The van der Waals surface area contributed by atoms with Gasteiger partial charge in [0.1, 0.15) is 5.82 Å². The lowest BCUT2D eigenvalue weighted by molar-refractivity contribution is 0.102. The summed E-state index contributed by atoms with van der Waals surface area (Å²) in [5.41, 5.74) is 4.81. The van der Waals surface area contributed by atoms with Crippen molar-refractivity contribution in [1.29, 1.82) is 0 Å². The first-order valence-corrected chi connectivity index (χ1v) is 14.0. The molecule has 2 fully saturated rings. The molecule has 9 nitrogen and oxygen atoms in total. The number of aryl methyl sites for hydroxylation is 1. The van der Waals surface area contributed by atoms with E-state index in [9.17, 15) is 4.79 Å². The number of benzene rings is 1. The Morgan fingerprint density at radius 2 is 1.85 bits per heavy atom. The molecule has 2 saturated heterocycles. The van der Waals surface area contributed by atoms with Crippen molar-refractivity contribution in [1.82, 2.24) is 24.8 Å². The molecule has 2 N–H and O–H groups in total. The van der Waals surface area contributed by atoms with E-state index < -0.39 is 0 Å². The average Bonchev–Trinajstić information content (AvgIpc) is 3.68. The van der Waals surface area contributed by atoms with E-state index in [1.807, 2.05) is 49.4 Å². The molecule has 3 aromatic heterocycles. The molecule has 40 heavy (non-hydrogen) atoms. The lowest BCUT2D eigenvalue weighted by atomic mass is 10.1. The smallest absolute Gasteiger partial charge is 0.255 e. The molecule has 2 aliphatic rings. The third-order valence-electron chi connectivity index (χ3n) is 7.70. The molecule has 9 heteroatoms. The van der Waals surface area contributed by atoms with Gasteiger partial charge in [0.2, 0.25) is 5.95 Å². The van der Waals surface area contributed by atoms with Crippen LogP contribution in [0.2, 0.25) is 0 Å². The molecule has 0 radical (unpaired) electrons. The summed E-state index contributed by atoms with van der Waals surface area (Å²) in [6.07, 6.45) is 11.9. The molecule has 0 saturated carbocycles. The fourth-order valence-corrected chi connectivity index (χ4v) is 5.56. The van der Waals surface area contributed by atoms with Crippen LogP contribution in [-0.4, -0.2) is 63.0 Å². The van der Waals surface area contributed by atoms with E-state index in [4.69, 9.17) is 0 Å². The highest BCUT2D eigenvalue weighted by molar-refractivity contribution is 6.05. The quantitative estimate of drug-likeness (QED) is 0.314. The third kappa shape index (κ3) is 5.94. The van der Waals surface area contributed by atoms with Gasteiger partial charge in [-0.2, -0.15) is 0 Å². The molecule has 0 bridgehead atoms. The second-order valence-electron chi connectivity index (χ2n) is 10.5. The van der Waals surface area contributed by atoms with Crippen LogP contribution in [-0.2, 0) is 0 Å². The topological polar surface area (TPSA) is 99.2 Å². The zero-order valence-corrected chi connectivity index (χ0v) is 22.8. The first kappa shape index (κ1) is 25.9. The van der Waals surface area contributed by atoms with Gasteiger partial charge in [0, 0.05) is 66.4 Å². The van der Waals surface area contributed by atoms with Crippen LogP contribution in [0.3, 0.4) is 0 Å². The molecule has 204 valence electrons. The van der Waals surface area contributed by atoms with Crippen molar-refractivity contribution in [3.05, 3.63) is 84.4 Å². The van der Waals surface area contributed by atoms with Crippen LogP contribution < -0.4 is 15.5 Å². The molecule has 1 atom stereocenters. The van der Waals surface area contributed by atoms with E-state index in [-0.39, 0.29) is 5.91 Å². The van der Waals surface area contributed by atoms with Crippen LogP contribution >= 0.6 is 0 Å². The van der Waals surface area contributed by atoms with Crippen molar-refractivity contribution in [2.75, 3.05) is 41.7 Å². The van der Waals surface area contributed by atoms with Gasteiger partial charge in [-0.15, -0.1) is 0 Å². The van der Waals surface area contributed by atoms with Gasteiger partial charge in [0.25, 0.3) is 5.91 Å². The van der Waals surface area contributed by atoms with E-state index in [1.165, 1.54) is 32.4 Å². The first-order valence-electron chi connectivity index (χ1n) is 14.0. The van der Waals surface area contributed by atoms with Gasteiger partial charge in [-0.05, 0) is 93.7 Å². The maximum absolute atomic E-state index is 13.3. The Kier molecular flexibility index (Phi) is 7.63. The predicted molar refractivity (Wildman–Crippen MR) is 158 cm³/mol. The highest BCUT2D eigenvalue weighted by atomic mass is 16.1. The van der Waals surface area contributed by atoms with Crippen molar-refractivity contribution >= 4 is 29.0 Å². The van der Waals surface area contributed by atoms with Crippen molar-refractivity contribution in [2.24, 2.45) is 0 Å². The Labute approximate surface area is 234 Å². The lowest BCUT2D eigenvalue weighted by Crippen LogP contribution is -2.39. The normalized spacial score (nSPS) is 17.2. The fourth-order valence-electron chi connectivity index (χ4n) is 5.56. The molecule has 0 unspecified atom stereocenters. The fraction of sp³-hybridized carbons (Fsp3) is 0.323. The van der Waals surface area contributed by atoms with Crippen molar-refractivity contribution < 1.29 is 4.79 Å². The second kappa shape index (κ2) is 11.8. The number of aromatic nitrogens is 4. The number of hydrogen-bond donors (Lipinski definition) is 2. The van der Waals surface area contributed by atoms with Gasteiger partial charge >= 0.3 is 0 Å². The van der Waals surface area contributed by atoms with Gasteiger partial charge < -0.3 is 20.4 Å². The number of hydrogen-bond acceptors (Lipinski definition) is 8. The number of anilines is 4. The van der Waals surface area contributed by atoms with Crippen molar-refractivity contribution in [2.45, 2.75) is 38.6 Å². The molecular formula is C31H34N8O. The van der Waals surface area contributed by atoms with Crippen LogP contribution in [0.15, 0.2) is 73.3 Å². The summed E-state index contributed by atoms with van der Waals surface area (Å²) in [6, 6.07) is 15.6. The number of nitrogens with one attached hydrogen (secondary N) is 2. The monoisotopic (exact) mass is 534 g/mol. The zero-order valence-electron chi connectivity index (χ0n) is 22.8. The number of likely N-dealkylation sites (tertiary alicyclic amines) is 1. The molecule has 0 spiro atoms. The summed E-state index contributed by atoms with van der Waals surface area (Å²) >= 11 is 0. The summed E-state index contributed by atoms with van der Waals surface area (Å²) in [5.74, 6) is 1.19. The Morgan fingerprint density at radius 1 is 0.975 bits per heavy atom. The van der Waals surface area contributed by atoms with E-state index in [1.54, 1.807) is 30.9 Å². The Morgan fingerprint density at radius 3 is 2.70 bits per heavy atom. The Bertz CT molecular complexity index is 1470. The maximum Gasteiger partial charge on any atom is 0.255 e. The van der Waals surface area contributed by atoms with Crippen LogP contribution in [0.25, 0.3) is 11.3 Å². The molecule has 4 aromatic rings. The van der Waals surface area contributed by atoms with Crippen LogP contribution in [0.5, 0.6) is 0 Å². The van der Waals surface area contributed by atoms with E-state index in [0.29, 0.717) is 23.2 Å². The number of pyridine rings is 2. The molecule has 1 aromatic carbocycles. The van der Waals surface area contributed by atoms with E-state index in [0.717, 1.165) is 47.8 Å². The number of carbonyl (C=O) groups excluding carboxylic acids is 1. The second-order valence-corrected chi connectivity index (χ2v) is 10.5. The summed E-state index contributed by atoms with van der Waals surface area (Å²) in [4.78, 5) is 36.0. The zero-order chi connectivity index (χ0) is 27.3. The number of carbonyl (C=O) groups is 1. The minimum absolute atomic E-state index is 0.163. The number of rotatable bonds is 8. The van der Waals surface area contributed by atoms with Crippen LogP contribution in [0.1, 0.15) is 41.6 Å². The number of amides is 1. The Balaban J connectivity index is 1.15. The Hall–Kier alpha value is -4.37. The van der Waals surface area contributed by atoms with Gasteiger partial charge in [-0.25, -0.2) is 15.0 Å². The largest absolute Gasteiger partial charge is 0.352 e. The van der Waals surface area contributed by atoms with Gasteiger partial charge in [0.05, 0.1) is 5.69 Å². The average molecular weight is 535 g/mol. The van der Waals surface area contributed by atoms with Gasteiger partial charge in [-0.1, -0.05) is 6.07 Å². The summed E-state index contributed by atoms with van der Waals surface area (Å²) < 4.78 is 0. The lowest BCUT2D eigenvalue weighted by Gasteiger charge is -2.29. The summed E-state index contributed by atoms with van der Waals surface area (Å²) in [6.45, 7) is 6.44. The number of nitrogens with zero attached hydrogens (tertiary/aromatic N) is 6. The van der Waals surface area contributed by atoms with Crippen LogP contribution in [0.4, 0.5) is 23.1 Å². The predicted octanol–water partition coefficient (Wildman–Crippen LogP) is 5.30. The third-order valence-corrected chi connectivity index (χ3v) is 7.70. The molecule has 5 heterocycles. The molecule has 6 rings (SSSR count). The molecule has 1 amide bonds. The minimum Gasteiger partial charge on any atom is -0.352 e.